The summed E-state index contributed by atoms with van der Waals surface area (Å²) in [4.78, 5) is 0. The Kier molecular flexibility index (Phi) is 3.62. The molecule has 0 radical (unpaired) electrons. The Hall–Kier alpha value is -1.98. The molecule has 0 N–H and O–H groups in total. The Bertz CT molecular complexity index is 569. The largest absolute Gasteiger partial charge is 0.298 e. The van der Waals surface area contributed by atoms with Crippen molar-refractivity contribution in [3.63, 3.8) is 0 Å². The molecule has 0 nitrogen and oxygen atoms in total. The van der Waals surface area contributed by atoms with Crippen LogP contribution in [0, 0.1) is 0 Å². The molecule has 0 atom stereocenters. The monoisotopic (exact) mass is 281 g/mol. The lowest BCUT2D eigenvalue weighted by Gasteiger charge is -2.16. The number of hydrogen-bond acceptors (Lipinski definition) is 0. The number of benzene rings is 3. The molecule has 3 rings (SSSR count). The average Bonchev–Trinajstić information content (AvgIpc) is 2.56. The fourth-order valence-electron chi connectivity index (χ4n) is 2.35. The molecule has 0 bridgehead atoms. The van der Waals surface area contributed by atoms with Crippen LogP contribution in [0.3, 0.4) is 0 Å². The van der Waals surface area contributed by atoms with Crippen molar-refractivity contribution in [3.8, 4) is 0 Å². The number of rotatable bonds is 3. The van der Waals surface area contributed by atoms with Crippen LogP contribution in [0.25, 0.3) is 0 Å². The lowest BCUT2D eigenvalue weighted by Crippen LogP contribution is -2.27. The van der Waals surface area contributed by atoms with E-state index in [0.717, 1.165) is 15.9 Å². The van der Waals surface area contributed by atoms with E-state index < -0.39 is 7.57 Å². The first-order chi connectivity index (χ1) is 9.82. The highest BCUT2D eigenvalue weighted by molar-refractivity contribution is 7.91. The second-order valence-corrected chi connectivity index (χ2v) is 7.32. The molecular weight excluding hydrogens is 266 g/mol. The van der Waals surface area contributed by atoms with Crippen LogP contribution < -0.4 is 15.9 Å². The smallest absolute Gasteiger partial charge is 0.0620 e. The van der Waals surface area contributed by atoms with Gasteiger partial charge >= 0.3 is 0 Å². The number of hydrogen-bond donors (Lipinski definition) is 0. The van der Waals surface area contributed by atoms with Gasteiger partial charge in [-0.1, -0.05) is 54.6 Å². The van der Waals surface area contributed by atoms with Gasteiger partial charge in [0, 0.05) is 0 Å². The van der Waals surface area contributed by atoms with E-state index in [-0.39, 0.29) is 0 Å². The lowest BCUT2D eigenvalue weighted by molar-refractivity contribution is 0.901. The van der Waals surface area contributed by atoms with Crippen molar-refractivity contribution in [3.05, 3.63) is 91.0 Å². The maximum absolute atomic E-state index is 16.1. The van der Waals surface area contributed by atoms with Crippen LogP contribution in [0.5, 0.6) is 0 Å². The number of halogens is 1. The van der Waals surface area contributed by atoms with E-state index >= 15 is 4.20 Å². The fourth-order valence-corrected chi connectivity index (χ4v) is 4.99. The molecule has 0 saturated carbocycles. The van der Waals surface area contributed by atoms with Crippen LogP contribution in [-0.4, -0.2) is 0 Å². The van der Waals surface area contributed by atoms with Gasteiger partial charge in [-0.15, -0.1) is 0 Å². The van der Waals surface area contributed by atoms with E-state index in [0.29, 0.717) is 0 Å². The summed E-state index contributed by atoms with van der Waals surface area (Å²) in [5.74, 6) is 0. The second-order valence-electron chi connectivity index (χ2n) is 4.60. The molecule has 0 unspecified atom stereocenters. The molecule has 0 aliphatic heterocycles. The van der Waals surface area contributed by atoms with E-state index in [1.54, 1.807) is 0 Å². The zero-order chi connectivity index (χ0) is 13.8. The third-order valence-corrected chi connectivity index (χ3v) is 6.37. The molecule has 0 aliphatic carbocycles. The second kappa shape index (κ2) is 5.56. The zero-order valence-corrected chi connectivity index (χ0v) is 11.9. The Balaban J connectivity index is 2.24. The predicted molar refractivity (Wildman–Crippen MR) is 86.3 cm³/mol. The van der Waals surface area contributed by atoms with Crippen molar-refractivity contribution in [2.24, 2.45) is 0 Å². The highest BCUT2D eigenvalue weighted by atomic mass is 31.2. The van der Waals surface area contributed by atoms with Crippen LogP contribution in [0.1, 0.15) is 0 Å². The van der Waals surface area contributed by atoms with Gasteiger partial charge in [0.1, 0.15) is 15.9 Å². The first-order valence-electron chi connectivity index (χ1n) is 6.57. The van der Waals surface area contributed by atoms with Gasteiger partial charge in [0.05, 0.1) is 0 Å². The molecule has 0 amide bonds. The summed E-state index contributed by atoms with van der Waals surface area (Å²) in [6, 6.07) is 28.4. The molecular formula is C18H15FP+. The fraction of sp³-hybridized carbons (Fsp3) is 0. The SMILES string of the molecule is F[P+](c1ccccc1)(c1ccccc1)c1ccccc1. The topological polar surface area (TPSA) is 0 Å². The molecule has 0 spiro atoms. The van der Waals surface area contributed by atoms with Gasteiger partial charge in [-0.05, 0) is 40.6 Å². The predicted octanol–water partition coefficient (Wildman–Crippen LogP) is 3.87. The van der Waals surface area contributed by atoms with Gasteiger partial charge < -0.3 is 0 Å². The quantitative estimate of drug-likeness (QED) is 0.639. The summed E-state index contributed by atoms with van der Waals surface area (Å²) < 4.78 is 16.1. The van der Waals surface area contributed by atoms with Crippen molar-refractivity contribution in [1.82, 2.24) is 0 Å². The van der Waals surface area contributed by atoms with E-state index in [2.05, 4.69) is 0 Å². The van der Waals surface area contributed by atoms with Gasteiger partial charge in [-0.25, -0.2) is 0 Å². The highest BCUT2D eigenvalue weighted by Crippen LogP contribution is 2.56. The maximum atomic E-state index is 16.1. The first-order valence-corrected chi connectivity index (χ1v) is 8.25. The molecule has 2 heteroatoms. The summed E-state index contributed by atoms with van der Waals surface area (Å²) in [5.41, 5.74) is 0. The summed E-state index contributed by atoms with van der Waals surface area (Å²) >= 11 is 0. The third kappa shape index (κ3) is 2.26. The van der Waals surface area contributed by atoms with E-state index in [1.165, 1.54) is 0 Å². The summed E-state index contributed by atoms with van der Waals surface area (Å²) in [7, 11) is -3.03. The Labute approximate surface area is 119 Å². The normalized spacial score (nSPS) is 11.2. The van der Waals surface area contributed by atoms with E-state index in [9.17, 15) is 0 Å². The van der Waals surface area contributed by atoms with Crippen LogP contribution in [0.2, 0.25) is 0 Å². The van der Waals surface area contributed by atoms with Gasteiger partial charge in [0.15, 0.2) is 0 Å². The molecule has 20 heavy (non-hydrogen) atoms. The zero-order valence-electron chi connectivity index (χ0n) is 11.0. The van der Waals surface area contributed by atoms with Crippen molar-refractivity contribution < 1.29 is 4.20 Å². The van der Waals surface area contributed by atoms with Crippen molar-refractivity contribution in [2.45, 2.75) is 0 Å². The molecule has 0 aliphatic rings. The standard InChI is InChI=1S/C18H15FP/c19-20(16-10-4-1-5-11-16,17-12-6-2-7-13-17)18-14-8-3-9-15-18/h1-15H/q+1. The summed E-state index contributed by atoms with van der Waals surface area (Å²) in [6.45, 7) is 0. The first kappa shape index (κ1) is 13.0. The Morgan fingerprint density at radius 1 is 0.450 bits per heavy atom. The summed E-state index contributed by atoms with van der Waals surface area (Å²) in [5, 5.41) is 2.28. The average molecular weight is 281 g/mol. The minimum absolute atomic E-state index is 0.761. The Morgan fingerprint density at radius 3 is 0.950 bits per heavy atom. The minimum atomic E-state index is -3.03. The molecule has 0 fully saturated rings. The van der Waals surface area contributed by atoms with Crippen molar-refractivity contribution >= 4 is 23.5 Å². The van der Waals surface area contributed by atoms with Crippen LogP contribution >= 0.6 is 7.57 Å². The Morgan fingerprint density at radius 2 is 0.700 bits per heavy atom. The third-order valence-electron chi connectivity index (χ3n) is 3.34. The van der Waals surface area contributed by atoms with Crippen LogP contribution in [0.15, 0.2) is 91.0 Å². The lowest BCUT2D eigenvalue weighted by atomic mass is 10.4. The van der Waals surface area contributed by atoms with Crippen molar-refractivity contribution in [1.29, 1.82) is 0 Å². The molecule has 3 aromatic rings. The van der Waals surface area contributed by atoms with E-state index in [4.69, 9.17) is 0 Å². The van der Waals surface area contributed by atoms with Gasteiger partial charge in [-0.3, -0.25) is 0 Å². The molecule has 0 saturated heterocycles. The van der Waals surface area contributed by atoms with Crippen LogP contribution in [0.4, 0.5) is 4.20 Å². The maximum Gasteiger partial charge on any atom is 0.298 e. The summed E-state index contributed by atoms with van der Waals surface area (Å²) in [6.07, 6.45) is 0. The highest BCUT2D eigenvalue weighted by Gasteiger charge is 2.47. The van der Waals surface area contributed by atoms with E-state index in [1.807, 2.05) is 91.0 Å². The van der Waals surface area contributed by atoms with Gasteiger partial charge in [0.25, 0.3) is 7.57 Å². The van der Waals surface area contributed by atoms with Crippen molar-refractivity contribution in [2.75, 3.05) is 0 Å². The van der Waals surface area contributed by atoms with Gasteiger partial charge in [0.2, 0.25) is 0 Å². The molecule has 98 valence electrons. The molecule has 0 heterocycles. The molecule has 0 aromatic heterocycles. The minimum Gasteiger partial charge on any atom is -0.0620 e. The van der Waals surface area contributed by atoms with Crippen LogP contribution in [-0.2, 0) is 0 Å². The van der Waals surface area contributed by atoms with Gasteiger partial charge in [-0.2, -0.15) is 0 Å². The molecule has 3 aromatic carbocycles.